The maximum atomic E-state index is 12.4. The average molecular weight is 389 g/mol. The van der Waals surface area contributed by atoms with Crippen LogP contribution < -0.4 is 10.3 Å². The lowest BCUT2D eigenvalue weighted by atomic mass is 9.83. The Kier molecular flexibility index (Phi) is 5.58. The highest BCUT2D eigenvalue weighted by Gasteiger charge is 2.33. The van der Waals surface area contributed by atoms with Gasteiger partial charge in [-0.1, -0.05) is 30.3 Å². The second-order valence-corrected chi connectivity index (χ2v) is 10.8. The highest BCUT2D eigenvalue weighted by atomic mass is 32.2. The molecule has 5 nitrogen and oxygen atoms in total. The number of nitrogens with one attached hydrogen (secondary N) is 2. The van der Waals surface area contributed by atoms with E-state index in [-0.39, 0.29) is 17.5 Å². The third kappa shape index (κ3) is 4.68. The molecule has 0 saturated heterocycles. The third-order valence-electron chi connectivity index (χ3n) is 5.27. The Hall–Kier alpha value is -1.92. The molecule has 0 radical (unpaired) electrons. The molecule has 1 aliphatic rings. The van der Waals surface area contributed by atoms with Gasteiger partial charge in [0.05, 0.1) is 4.75 Å². The minimum atomic E-state index is -3.34. The first-order chi connectivity index (χ1) is 12.7. The molecule has 0 unspecified atom stereocenters. The maximum Gasteiger partial charge on any atom is 0.248 e. The fourth-order valence-electron chi connectivity index (χ4n) is 3.50. The van der Waals surface area contributed by atoms with Crippen LogP contribution >= 0.6 is 0 Å². The highest BCUT2D eigenvalue weighted by molar-refractivity contribution is 7.90. The van der Waals surface area contributed by atoms with Crippen molar-refractivity contribution in [2.24, 2.45) is 0 Å². The largest absolute Gasteiger partial charge is 0.326 e. The molecule has 27 heavy (non-hydrogen) atoms. The fourth-order valence-corrected chi connectivity index (χ4v) is 4.53. The SMILES string of the molecule is CC(C)(C)S(=O)(=O)NC1CCC(c2cc(-c3ccccc3)cc(=O)[nH]2)CC1. The van der Waals surface area contributed by atoms with E-state index in [4.69, 9.17) is 0 Å². The number of hydrogen-bond donors (Lipinski definition) is 2. The smallest absolute Gasteiger partial charge is 0.248 e. The van der Waals surface area contributed by atoms with Gasteiger partial charge in [-0.3, -0.25) is 4.79 Å². The van der Waals surface area contributed by atoms with Crippen molar-refractivity contribution in [1.29, 1.82) is 0 Å². The number of sulfonamides is 1. The Morgan fingerprint density at radius 3 is 2.19 bits per heavy atom. The summed E-state index contributed by atoms with van der Waals surface area (Å²) in [7, 11) is -3.34. The zero-order chi connectivity index (χ0) is 19.7. The average Bonchev–Trinajstić information content (AvgIpc) is 2.61. The molecule has 0 atom stereocenters. The van der Waals surface area contributed by atoms with Crippen molar-refractivity contribution in [1.82, 2.24) is 9.71 Å². The molecule has 2 N–H and O–H groups in total. The molecule has 1 aromatic heterocycles. The summed E-state index contributed by atoms with van der Waals surface area (Å²) in [5.41, 5.74) is 2.79. The molecule has 3 rings (SSSR count). The monoisotopic (exact) mass is 388 g/mol. The number of H-pyrrole nitrogens is 1. The van der Waals surface area contributed by atoms with Gasteiger partial charge in [0.15, 0.2) is 0 Å². The molecule has 0 bridgehead atoms. The van der Waals surface area contributed by atoms with E-state index in [1.807, 2.05) is 30.3 Å². The predicted octanol–water partition coefficient (Wildman–Crippen LogP) is 3.79. The lowest BCUT2D eigenvalue weighted by Gasteiger charge is -2.31. The Morgan fingerprint density at radius 1 is 0.963 bits per heavy atom. The third-order valence-corrected chi connectivity index (χ3v) is 7.52. The molecule has 1 aromatic carbocycles. The van der Waals surface area contributed by atoms with E-state index in [0.717, 1.165) is 42.5 Å². The van der Waals surface area contributed by atoms with E-state index in [0.29, 0.717) is 0 Å². The van der Waals surface area contributed by atoms with E-state index >= 15 is 0 Å². The van der Waals surface area contributed by atoms with Crippen molar-refractivity contribution in [3.05, 3.63) is 58.5 Å². The van der Waals surface area contributed by atoms with Gasteiger partial charge in [0.1, 0.15) is 0 Å². The second kappa shape index (κ2) is 7.60. The van der Waals surface area contributed by atoms with Crippen molar-refractivity contribution in [2.45, 2.75) is 63.2 Å². The number of rotatable bonds is 4. The van der Waals surface area contributed by atoms with Crippen molar-refractivity contribution in [3.63, 3.8) is 0 Å². The molecule has 2 aromatic rings. The van der Waals surface area contributed by atoms with Gasteiger partial charge in [-0.15, -0.1) is 0 Å². The minimum Gasteiger partial charge on any atom is -0.326 e. The first kappa shape index (κ1) is 19.8. The van der Waals surface area contributed by atoms with Crippen LogP contribution in [-0.2, 0) is 10.0 Å². The number of aromatic amines is 1. The van der Waals surface area contributed by atoms with Gasteiger partial charge in [-0.2, -0.15) is 0 Å². The molecule has 1 aliphatic carbocycles. The molecule has 0 aliphatic heterocycles. The summed E-state index contributed by atoms with van der Waals surface area (Å²) in [6, 6.07) is 13.5. The first-order valence-corrected chi connectivity index (χ1v) is 11.0. The van der Waals surface area contributed by atoms with Crippen LogP contribution in [-0.4, -0.2) is 24.2 Å². The van der Waals surface area contributed by atoms with Crippen LogP contribution in [0.2, 0.25) is 0 Å². The van der Waals surface area contributed by atoms with E-state index in [1.165, 1.54) is 0 Å². The highest BCUT2D eigenvalue weighted by Crippen LogP contribution is 2.33. The summed E-state index contributed by atoms with van der Waals surface area (Å²) < 4.78 is 26.8. The molecule has 0 amide bonds. The summed E-state index contributed by atoms with van der Waals surface area (Å²) in [4.78, 5) is 15.1. The van der Waals surface area contributed by atoms with Gasteiger partial charge < -0.3 is 4.98 Å². The Labute approximate surface area is 161 Å². The number of aromatic nitrogens is 1. The molecule has 1 heterocycles. The summed E-state index contributed by atoms with van der Waals surface area (Å²) in [5, 5.41) is 0. The quantitative estimate of drug-likeness (QED) is 0.836. The van der Waals surface area contributed by atoms with E-state index in [2.05, 4.69) is 15.8 Å². The summed E-state index contributed by atoms with van der Waals surface area (Å²) in [6.07, 6.45) is 3.26. The molecule has 0 spiro atoms. The zero-order valence-electron chi connectivity index (χ0n) is 16.2. The van der Waals surface area contributed by atoms with Crippen LogP contribution in [0.1, 0.15) is 58.1 Å². The van der Waals surface area contributed by atoms with Crippen LogP contribution in [0, 0.1) is 0 Å². The van der Waals surface area contributed by atoms with Crippen LogP contribution in [0.3, 0.4) is 0 Å². The number of hydrogen-bond acceptors (Lipinski definition) is 3. The van der Waals surface area contributed by atoms with Gasteiger partial charge >= 0.3 is 0 Å². The van der Waals surface area contributed by atoms with Crippen molar-refractivity contribution >= 4 is 10.0 Å². The van der Waals surface area contributed by atoms with Crippen LogP contribution in [0.15, 0.2) is 47.3 Å². The van der Waals surface area contributed by atoms with Crippen LogP contribution in [0.25, 0.3) is 11.1 Å². The fraction of sp³-hybridized carbons (Fsp3) is 0.476. The summed E-state index contributed by atoms with van der Waals surface area (Å²) in [6.45, 7) is 5.13. The van der Waals surface area contributed by atoms with Crippen LogP contribution in [0.4, 0.5) is 0 Å². The van der Waals surface area contributed by atoms with Gasteiger partial charge in [0, 0.05) is 17.8 Å². The number of benzene rings is 1. The molecule has 1 fully saturated rings. The summed E-state index contributed by atoms with van der Waals surface area (Å²) >= 11 is 0. The lowest BCUT2D eigenvalue weighted by molar-refractivity contribution is 0.367. The van der Waals surface area contributed by atoms with Gasteiger partial charge in [0.2, 0.25) is 15.6 Å². The molecular weight excluding hydrogens is 360 g/mol. The number of pyridine rings is 1. The van der Waals surface area contributed by atoms with E-state index in [1.54, 1.807) is 26.8 Å². The van der Waals surface area contributed by atoms with Crippen LogP contribution in [0.5, 0.6) is 0 Å². The predicted molar refractivity (Wildman–Crippen MR) is 109 cm³/mol. The Balaban J connectivity index is 1.72. The summed E-state index contributed by atoms with van der Waals surface area (Å²) in [5.74, 6) is 0.247. The standard InChI is InChI=1S/C21H28N2O3S/c1-21(2,3)27(25,26)23-18-11-9-16(10-12-18)19-13-17(14-20(24)22-19)15-7-5-4-6-8-15/h4-8,13-14,16,18,23H,9-12H2,1-3H3,(H,22,24). The normalized spacial score (nSPS) is 21.1. The molecular formula is C21H28N2O3S. The van der Waals surface area contributed by atoms with E-state index < -0.39 is 14.8 Å². The Morgan fingerprint density at radius 2 is 1.59 bits per heavy atom. The van der Waals surface area contributed by atoms with Gasteiger partial charge in [-0.05, 0) is 69.6 Å². The first-order valence-electron chi connectivity index (χ1n) is 9.47. The minimum absolute atomic E-state index is 0.0329. The topological polar surface area (TPSA) is 79.0 Å². The van der Waals surface area contributed by atoms with Crippen molar-refractivity contribution in [3.8, 4) is 11.1 Å². The lowest BCUT2D eigenvalue weighted by Crippen LogP contribution is -2.45. The molecule has 6 heteroatoms. The zero-order valence-corrected chi connectivity index (χ0v) is 17.0. The second-order valence-electron chi connectivity index (χ2n) is 8.34. The van der Waals surface area contributed by atoms with E-state index in [9.17, 15) is 13.2 Å². The van der Waals surface area contributed by atoms with Crippen molar-refractivity contribution in [2.75, 3.05) is 0 Å². The molecule has 146 valence electrons. The molecule has 1 saturated carbocycles. The van der Waals surface area contributed by atoms with Gasteiger partial charge in [-0.25, -0.2) is 13.1 Å². The Bertz CT molecular complexity index is 935. The van der Waals surface area contributed by atoms with Crippen molar-refractivity contribution < 1.29 is 8.42 Å². The maximum absolute atomic E-state index is 12.4. The van der Waals surface area contributed by atoms with Gasteiger partial charge in [0.25, 0.3) is 0 Å².